The minimum Gasteiger partial charge on any atom is -0.321 e. The summed E-state index contributed by atoms with van der Waals surface area (Å²) in [4.78, 5) is 48.5. The van der Waals surface area contributed by atoms with E-state index in [9.17, 15) is 38.2 Å². The van der Waals surface area contributed by atoms with Crippen LogP contribution in [0.15, 0.2) is 67.9 Å². The minimum absolute atomic E-state index is 0.0697. The number of aromatic amines is 2. The summed E-state index contributed by atoms with van der Waals surface area (Å²) >= 11 is 0. The second kappa shape index (κ2) is 6.84. The zero-order valence-corrected chi connectivity index (χ0v) is 16.0. The van der Waals surface area contributed by atoms with Gasteiger partial charge in [-0.1, -0.05) is 0 Å². The lowest BCUT2D eigenvalue weighted by molar-refractivity contribution is -0.384. The number of nitrogens with zero attached hydrogens (tertiary/aromatic N) is 2. The van der Waals surface area contributed by atoms with Crippen LogP contribution in [0.25, 0.3) is 21.8 Å². The first-order valence-corrected chi connectivity index (χ1v) is 9.94. The average molecular weight is 442 g/mol. The van der Waals surface area contributed by atoms with Gasteiger partial charge in [-0.3, -0.25) is 29.8 Å². The molecular weight excluding hydrogens is 432 g/mol. The summed E-state index contributed by atoms with van der Waals surface area (Å²) in [6.07, 6.45) is 0. The van der Waals surface area contributed by atoms with Gasteiger partial charge in [-0.15, -0.1) is 0 Å². The Labute approximate surface area is 171 Å². The summed E-state index contributed by atoms with van der Waals surface area (Å²) in [6.45, 7) is 0. The number of fused-ring (bicyclic) bond motifs is 2. The van der Waals surface area contributed by atoms with Crippen molar-refractivity contribution in [2.75, 3.05) is 0 Å². The Morgan fingerprint density at radius 3 is 1.42 bits per heavy atom. The second-order valence-electron chi connectivity index (χ2n) is 6.49. The number of nitro groups is 2. The van der Waals surface area contributed by atoms with Crippen molar-refractivity contribution >= 4 is 43.0 Å². The van der Waals surface area contributed by atoms with Gasteiger partial charge in [0.15, 0.2) is 0 Å². The number of nitro benzene ring substituents is 2. The van der Waals surface area contributed by atoms with Crippen molar-refractivity contribution in [2.45, 2.75) is 9.79 Å². The van der Waals surface area contributed by atoms with Gasteiger partial charge in [0, 0.05) is 46.1 Å². The van der Waals surface area contributed by atoms with Crippen LogP contribution in [0, 0.1) is 20.2 Å². The third kappa shape index (κ3) is 3.32. The topological polar surface area (TPSA) is 186 Å². The van der Waals surface area contributed by atoms with E-state index in [1.54, 1.807) is 0 Å². The fourth-order valence-electron chi connectivity index (χ4n) is 3.09. The predicted molar refractivity (Wildman–Crippen MR) is 108 cm³/mol. The molecule has 156 valence electrons. The standard InChI is InChI=1S/C18H10N4O8S/c23-17-15(7-9-5-11(21(25)26)1-3-13(9)19-17)31(29,30)16-8-10-6-12(22(27)28)2-4-14(10)20-18(16)24/h1-8H,(H,19,23)(H,20,24). The van der Waals surface area contributed by atoms with Crippen LogP contribution in [-0.4, -0.2) is 28.2 Å². The molecule has 2 aromatic heterocycles. The monoisotopic (exact) mass is 442 g/mol. The first-order chi connectivity index (χ1) is 14.6. The Morgan fingerprint density at radius 2 is 1.06 bits per heavy atom. The highest BCUT2D eigenvalue weighted by Gasteiger charge is 2.26. The summed E-state index contributed by atoms with van der Waals surface area (Å²) in [5, 5.41) is 22.1. The maximum atomic E-state index is 13.1. The van der Waals surface area contributed by atoms with Gasteiger partial charge in [0.05, 0.1) is 9.85 Å². The van der Waals surface area contributed by atoms with E-state index < -0.39 is 40.6 Å². The van der Waals surface area contributed by atoms with Crippen LogP contribution in [0.5, 0.6) is 0 Å². The summed E-state index contributed by atoms with van der Waals surface area (Å²) in [6, 6.07) is 8.85. The molecule has 0 bridgehead atoms. The summed E-state index contributed by atoms with van der Waals surface area (Å²) in [5.74, 6) is 0. The largest absolute Gasteiger partial charge is 0.321 e. The lowest BCUT2D eigenvalue weighted by Gasteiger charge is -2.07. The molecule has 0 amide bonds. The Bertz CT molecular complexity index is 1540. The number of hydrogen-bond donors (Lipinski definition) is 2. The fraction of sp³-hybridized carbons (Fsp3) is 0. The van der Waals surface area contributed by atoms with Crippen molar-refractivity contribution in [3.8, 4) is 0 Å². The molecule has 0 spiro atoms. The zero-order valence-electron chi connectivity index (χ0n) is 15.2. The van der Waals surface area contributed by atoms with Crippen LogP contribution in [-0.2, 0) is 9.84 Å². The van der Waals surface area contributed by atoms with Crippen molar-refractivity contribution in [3.05, 3.63) is 89.5 Å². The van der Waals surface area contributed by atoms with E-state index in [4.69, 9.17) is 0 Å². The van der Waals surface area contributed by atoms with E-state index in [0.29, 0.717) is 0 Å². The molecule has 0 unspecified atom stereocenters. The van der Waals surface area contributed by atoms with Gasteiger partial charge >= 0.3 is 0 Å². The number of non-ortho nitro benzene ring substituents is 2. The molecule has 2 heterocycles. The molecule has 0 atom stereocenters. The molecule has 4 aromatic rings. The Balaban J connectivity index is 1.97. The molecule has 0 aliphatic carbocycles. The van der Waals surface area contributed by atoms with Gasteiger partial charge in [-0.05, 0) is 24.3 Å². The van der Waals surface area contributed by atoms with E-state index in [0.717, 1.165) is 36.4 Å². The van der Waals surface area contributed by atoms with E-state index in [1.165, 1.54) is 12.1 Å². The molecule has 4 rings (SSSR count). The molecule has 12 nitrogen and oxygen atoms in total. The molecule has 2 N–H and O–H groups in total. The van der Waals surface area contributed by atoms with Gasteiger partial charge in [0.1, 0.15) is 9.79 Å². The van der Waals surface area contributed by atoms with Crippen LogP contribution in [0.1, 0.15) is 0 Å². The lowest BCUT2D eigenvalue weighted by Crippen LogP contribution is -2.23. The van der Waals surface area contributed by atoms with Crippen LogP contribution >= 0.6 is 0 Å². The van der Waals surface area contributed by atoms with Crippen LogP contribution in [0.2, 0.25) is 0 Å². The number of aromatic nitrogens is 2. The lowest BCUT2D eigenvalue weighted by atomic mass is 10.2. The third-order valence-electron chi connectivity index (χ3n) is 4.59. The Morgan fingerprint density at radius 1 is 0.677 bits per heavy atom. The van der Waals surface area contributed by atoms with Gasteiger partial charge in [-0.25, -0.2) is 8.42 Å². The summed E-state index contributed by atoms with van der Waals surface area (Å²) < 4.78 is 26.2. The molecule has 31 heavy (non-hydrogen) atoms. The number of rotatable bonds is 4. The third-order valence-corrected chi connectivity index (χ3v) is 6.35. The van der Waals surface area contributed by atoms with E-state index in [-0.39, 0.29) is 33.2 Å². The van der Waals surface area contributed by atoms with Crippen molar-refractivity contribution in [1.29, 1.82) is 0 Å². The number of sulfone groups is 1. The van der Waals surface area contributed by atoms with Crippen molar-refractivity contribution < 1.29 is 18.3 Å². The molecule has 0 radical (unpaired) electrons. The Kier molecular flexibility index (Phi) is 4.39. The fourth-order valence-corrected chi connectivity index (χ4v) is 4.48. The quantitative estimate of drug-likeness (QED) is 0.355. The highest BCUT2D eigenvalue weighted by atomic mass is 32.2. The van der Waals surface area contributed by atoms with E-state index >= 15 is 0 Å². The number of hydrogen-bond acceptors (Lipinski definition) is 8. The molecular formula is C18H10N4O8S. The van der Waals surface area contributed by atoms with Crippen LogP contribution in [0.3, 0.4) is 0 Å². The highest BCUT2D eigenvalue weighted by molar-refractivity contribution is 7.91. The first-order valence-electron chi connectivity index (χ1n) is 8.46. The van der Waals surface area contributed by atoms with Crippen LogP contribution < -0.4 is 11.1 Å². The first kappa shape index (κ1) is 19.9. The molecule has 0 aliphatic rings. The maximum Gasteiger partial charge on any atom is 0.270 e. The smallest absolute Gasteiger partial charge is 0.270 e. The van der Waals surface area contributed by atoms with E-state index in [1.807, 2.05) is 0 Å². The van der Waals surface area contributed by atoms with Crippen molar-refractivity contribution in [3.63, 3.8) is 0 Å². The number of nitrogens with one attached hydrogen (secondary N) is 2. The summed E-state index contributed by atoms with van der Waals surface area (Å²) in [5.41, 5.74) is -2.37. The molecule has 0 fully saturated rings. The number of benzene rings is 2. The molecule has 0 saturated carbocycles. The van der Waals surface area contributed by atoms with Gasteiger partial charge in [0.2, 0.25) is 9.84 Å². The SMILES string of the molecule is O=c1[nH]c2ccc([N+](=O)[O-])cc2cc1S(=O)(=O)c1cc2cc([N+](=O)[O-])ccc2[nH]c1=O. The molecule has 2 aromatic carbocycles. The van der Waals surface area contributed by atoms with E-state index in [2.05, 4.69) is 9.97 Å². The van der Waals surface area contributed by atoms with Gasteiger partial charge in [0.25, 0.3) is 22.5 Å². The average Bonchev–Trinajstić information content (AvgIpc) is 2.71. The zero-order chi connectivity index (χ0) is 22.5. The van der Waals surface area contributed by atoms with Crippen molar-refractivity contribution in [1.82, 2.24) is 9.97 Å². The Hall–Kier alpha value is -4.39. The van der Waals surface area contributed by atoms with Gasteiger partial charge in [-0.2, -0.15) is 0 Å². The predicted octanol–water partition coefficient (Wildman–Crippen LogP) is 2.02. The maximum absolute atomic E-state index is 13.1. The molecule has 0 saturated heterocycles. The highest BCUT2D eigenvalue weighted by Crippen LogP contribution is 2.25. The van der Waals surface area contributed by atoms with Gasteiger partial charge < -0.3 is 9.97 Å². The molecule has 0 aliphatic heterocycles. The minimum atomic E-state index is -4.68. The number of H-pyrrole nitrogens is 2. The molecule has 13 heteroatoms. The normalized spacial score (nSPS) is 11.6. The summed E-state index contributed by atoms with van der Waals surface area (Å²) in [7, 11) is -4.68. The van der Waals surface area contributed by atoms with Crippen LogP contribution in [0.4, 0.5) is 11.4 Å². The number of pyridine rings is 2. The van der Waals surface area contributed by atoms with Crippen molar-refractivity contribution in [2.24, 2.45) is 0 Å². The second-order valence-corrected chi connectivity index (χ2v) is 8.37.